The molecule has 0 saturated heterocycles. The Morgan fingerprint density at radius 3 is 2.06 bits per heavy atom. The van der Waals surface area contributed by atoms with Crippen LogP contribution in [0.2, 0.25) is 0 Å². The number of nitrogens with one attached hydrogen (secondary N) is 1. The van der Waals surface area contributed by atoms with Crippen LogP contribution in [0, 0.1) is 16.7 Å². The van der Waals surface area contributed by atoms with Crippen molar-refractivity contribution in [3.8, 4) is 0 Å². The molecule has 0 amide bonds. The molecule has 16 heavy (non-hydrogen) atoms. The first kappa shape index (κ1) is 14.0. The Morgan fingerprint density at radius 2 is 1.69 bits per heavy atom. The molecule has 0 aliphatic heterocycles. The number of hydrogen-bond acceptors (Lipinski definition) is 2. The fourth-order valence-electron chi connectivity index (χ4n) is 2.82. The van der Waals surface area contributed by atoms with Crippen molar-refractivity contribution in [2.45, 2.75) is 47.6 Å². The van der Waals surface area contributed by atoms with Crippen LogP contribution in [0.4, 0.5) is 0 Å². The van der Waals surface area contributed by atoms with Crippen molar-refractivity contribution in [2.75, 3.05) is 26.7 Å². The van der Waals surface area contributed by atoms with Crippen molar-refractivity contribution >= 4 is 0 Å². The number of rotatable bonds is 6. The van der Waals surface area contributed by atoms with Gasteiger partial charge in [0.1, 0.15) is 0 Å². The van der Waals surface area contributed by atoms with Gasteiger partial charge in [0.2, 0.25) is 0 Å². The van der Waals surface area contributed by atoms with Crippen LogP contribution in [-0.2, 0) is 0 Å². The average Bonchev–Trinajstić information content (AvgIpc) is 2.54. The zero-order valence-electron chi connectivity index (χ0n) is 12.2. The minimum atomic E-state index is 0.510. The maximum absolute atomic E-state index is 3.68. The van der Waals surface area contributed by atoms with Gasteiger partial charge in [-0.25, -0.2) is 0 Å². The fourth-order valence-corrected chi connectivity index (χ4v) is 2.82. The minimum Gasteiger partial charge on any atom is -0.313 e. The van der Waals surface area contributed by atoms with Crippen LogP contribution in [0.5, 0.6) is 0 Å². The zero-order valence-corrected chi connectivity index (χ0v) is 12.2. The van der Waals surface area contributed by atoms with Gasteiger partial charge in [0, 0.05) is 12.6 Å². The summed E-state index contributed by atoms with van der Waals surface area (Å²) in [5.74, 6) is 0.828. The highest BCUT2D eigenvalue weighted by molar-refractivity contribution is 5.12. The average molecular weight is 226 g/mol. The second-order valence-electron chi connectivity index (χ2n) is 6.66. The summed E-state index contributed by atoms with van der Waals surface area (Å²) in [4.78, 5) is 2.36. The Bertz CT molecular complexity index is 219. The van der Waals surface area contributed by atoms with Crippen LogP contribution in [0.3, 0.4) is 0 Å². The van der Waals surface area contributed by atoms with E-state index in [4.69, 9.17) is 0 Å². The highest BCUT2D eigenvalue weighted by Crippen LogP contribution is 2.67. The van der Waals surface area contributed by atoms with Gasteiger partial charge in [-0.1, -0.05) is 34.6 Å². The smallest absolute Gasteiger partial charge is 0.0166 e. The molecule has 0 radical (unpaired) electrons. The van der Waals surface area contributed by atoms with Crippen molar-refractivity contribution in [2.24, 2.45) is 16.7 Å². The Balaban J connectivity index is 2.27. The van der Waals surface area contributed by atoms with Gasteiger partial charge in [0.05, 0.1) is 0 Å². The van der Waals surface area contributed by atoms with Crippen molar-refractivity contribution in [1.82, 2.24) is 10.2 Å². The number of nitrogens with zero attached hydrogens (tertiary/aromatic N) is 1. The fraction of sp³-hybridized carbons (Fsp3) is 1.00. The van der Waals surface area contributed by atoms with Gasteiger partial charge in [-0.05, 0) is 43.8 Å². The van der Waals surface area contributed by atoms with E-state index in [0.29, 0.717) is 16.9 Å². The van der Waals surface area contributed by atoms with Gasteiger partial charge in [0.15, 0.2) is 0 Å². The Kier molecular flexibility index (Phi) is 4.07. The maximum atomic E-state index is 3.68. The maximum Gasteiger partial charge on any atom is 0.0166 e. The quantitative estimate of drug-likeness (QED) is 0.749. The van der Waals surface area contributed by atoms with E-state index in [-0.39, 0.29) is 0 Å². The lowest BCUT2D eigenvalue weighted by Gasteiger charge is -2.21. The lowest BCUT2D eigenvalue weighted by atomic mass is 10.0. The van der Waals surface area contributed by atoms with E-state index in [9.17, 15) is 0 Å². The van der Waals surface area contributed by atoms with E-state index in [2.05, 4.69) is 58.8 Å². The third-order valence-corrected chi connectivity index (χ3v) is 5.12. The summed E-state index contributed by atoms with van der Waals surface area (Å²) in [6.07, 6.45) is 0. The third kappa shape index (κ3) is 2.60. The summed E-state index contributed by atoms with van der Waals surface area (Å²) in [7, 11) is 2.18. The van der Waals surface area contributed by atoms with E-state index in [1.54, 1.807) is 0 Å². The first-order valence-corrected chi connectivity index (χ1v) is 6.65. The van der Waals surface area contributed by atoms with Crippen molar-refractivity contribution in [3.05, 3.63) is 0 Å². The largest absolute Gasteiger partial charge is 0.313 e. The van der Waals surface area contributed by atoms with Crippen LogP contribution in [-0.4, -0.2) is 37.6 Å². The van der Waals surface area contributed by atoms with Crippen LogP contribution in [0.1, 0.15) is 41.5 Å². The standard InChI is InChI=1S/C14H30N2/c1-8-16(7)10-11(2)15-9-12-13(3,4)14(12,5)6/h11-12,15H,8-10H2,1-7H3. The van der Waals surface area contributed by atoms with Gasteiger partial charge >= 0.3 is 0 Å². The van der Waals surface area contributed by atoms with E-state index >= 15 is 0 Å². The molecule has 2 nitrogen and oxygen atoms in total. The molecule has 1 fully saturated rings. The molecule has 1 N–H and O–H groups in total. The number of hydrogen-bond donors (Lipinski definition) is 1. The summed E-state index contributed by atoms with van der Waals surface area (Å²) in [5.41, 5.74) is 1.02. The van der Waals surface area contributed by atoms with Gasteiger partial charge in [-0.15, -0.1) is 0 Å². The summed E-state index contributed by atoms with van der Waals surface area (Å²) >= 11 is 0. The lowest BCUT2D eigenvalue weighted by Crippen LogP contribution is -2.38. The predicted molar refractivity (Wildman–Crippen MR) is 71.7 cm³/mol. The molecular weight excluding hydrogens is 196 g/mol. The zero-order chi connectivity index (χ0) is 12.6. The molecule has 1 saturated carbocycles. The van der Waals surface area contributed by atoms with Crippen LogP contribution >= 0.6 is 0 Å². The molecular formula is C14H30N2. The van der Waals surface area contributed by atoms with Crippen LogP contribution in [0.25, 0.3) is 0 Å². The predicted octanol–water partition coefficient (Wildman–Crippen LogP) is 2.60. The molecule has 0 aromatic heterocycles. The van der Waals surface area contributed by atoms with E-state index < -0.39 is 0 Å². The molecule has 0 heterocycles. The Morgan fingerprint density at radius 1 is 1.19 bits per heavy atom. The summed E-state index contributed by atoms with van der Waals surface area (Å²) in [6.45, 7) is 17.5. The minimum absolute atomic E-state index is 0.510. The molecule has 1 aliphatic rings. The number of likely N-dealkylation sites (N-methyl/N-ethyl adjacent to an activating group) is 1. The lowest BCUT2D eigenvalue weighted by molar-refractivity contribution is 0.305. The van der Waals surface area contributed by atoms with Crippen molar-refractivity contribution in [1.29, 1.82) is 0 Å². The molecule has 0 spiro atoms. The molecule has 2 heteroatoms. The van der Waals surface area contributed by atoms with Gasteiger partial charge < -0.3 is 10.2 Å². The molecule has 0 aromatic rings. The monoisotopic (exact) mass is 226 g/mol. The molecule has 1 rings (SSSR count). The first-order valence-electron chi connectivity index (χ1n) is 6.65. The SMILES string of the molecule is CCN(C)CC(C)NCC1C(C)(C)C1(C)C. The second-order valence-corrected chi connectivity index (χ2v) is 6.66. The Hall–Kier alpha value is -0.0800. The van der Waals surface area contributed by atoms with E-state index in [1.165, 1.54) is 6.54 Å². The summed E-state index contributed by atoms with van der Waals surface area (Å²) in [5, 5.41) is 3.68. The van der Waals surface area contributed by atoms with E-state index in [0.717, 1.165) is 19.0 Å². The third-order valence-electron chi connectivity index (χ3n) is 5.12. The van der Waals surface area contributed by atoms with Crippen LogP contribution in [0.15, 0.2) is 0 Å². The van der Waals surface area contributed by atoms with Gasteiger partial charge in [-0.3, -0.25) is 0 Å². The molecule has 1 atom stereocenters. The second kappa shape index (κ2) is 4.66. The topological polar surface area (TPSA) is 15.3 Å². The van der Waals surface area contributed by atoms with Gasteiger partial charge in [-0.2, -0.15) is 0 Å². The highest BCUT2D eigenvalue weighted by atomic mass is 15.1. The highest BCUT2D eigenvalue weighted by Gasteiger charge is 2.63. The molecule has 1 unspecified atom stereocenters. The van der Waals surface area contributed by atoms with Crippen molar-refractivity contribution in [3.63, 3.8) is 0 Å². The van der Waals surface area contributed by atoms with Gasteiger partial charge in [0.25, 0.3) is 0 Å². The summed E-state index contributed by atoms with van der Waals surface area (Å²) < 4.78 is 0. The first-order chi connectivity index (χ1) is 7.23. The Labute approximate surface area is 102 Å². The summed E-state index contributed by atoms with van der Waals surface area (Å²) in [6, 6.07) is 0.595. The van der Waals surface area contributed by atoms with Crippen LogP contribution < -0.4 is 5.32 Å². The molecule has 1 aliphatic carbocycles. The molecule has 0 bridgehead atoms. The normalized spacial score (nSPS) is 24.8. The van der Waals surface area contributed by atoms with Crippen molar-refractivity contribution < 1.29 is 0 Å². The van der Waals surface area contributed by atoms with E-state index in [1.807, 2.05) is 0 Å². The molecule has 96 valence electrons. The molecule has 0 aromatic carbocycles.